The third-order valence-corrected chi connectivity index (χ3v) is 5.92. The molecule has 1 unspecified atom stereocenters. The van der Waals surface area contributed by atoms with Gasteiger partial charge in [-0.2, -0.15) is 4.39 Å². The molecule has 0 amide bonds. The molecule has 0 saturated heterocycles. The maximum absolute atomic E-state index is 14.6. The van der Waals surface area contributed by atoms with Crippen LogP contribution < -0.4 is 4.74 Å². The van der Waals surface area contributed by atoms with Gasteiger partial charge in [0, 0.05) is 11.1 Å². The van der Waals surface area contributed by atoms with E-state index in [2.05, 4.69) is 6.58 Å². The molecule has 1 atom stereocenters. The maximum atomic E-state index is 14.6. The normalized spacial score (nSPS) is 11.9. The van der Waals surface area contributed by atoms with Gasteiger partial charge in [-0.15, -0.1) is 6.58 Å². The highest BCUT2D eigenvalue weighted by Gasteiger charge is 2.19. The van der Waals surface area contributed by atoms with Crippen molar-refractivity contribution in [3.8, 4) is 16.9 Å². The second-order valence-corrected chi connectivity index (χ2v) is 8.46. The Hall–Kier alpha value is -3.12. The van der Waals surface area contributed by atoms with Crippen molar-refractivity contribution >= 4 is 0 Å². The first-order chi connectivity index (χ1) is 16.9. The molecule has 0 radical (unpaired) electrons. The van der Waals surface area contributed by atoms with E-state index in [0.717, 1.165) is 12.0 Å². The molecule has 0 aliphatic carbocycles. The Bertz CT molecular complexity index is 1140. The Morgan fingerprint density at radius 1 is 0.886 bits per heavy atom. The number of rotatable bonds is 12. The summed E-state index contributed by atoms with van der Waals surface area (Å²) in [6, 6.07) is 12.6. The minimum absolute atomic E-state index is 0.0279. The molecule has 0 saturated carbocycles. The van der Waals surface area contributed by atoms with Crippen molar-refractivity contribution in [1.29, 1.82) is 0 Å². The molecule has 3 aromatic carbocycles. The topological polar surface area (TPSA) is 29.5 Å². The van der Waals surface area contributed by atoms with Crippen molar-refractivity contribution in [3.05, 3.63) is 101 Å². The van der Waals surface area contributed by atoms with E-state index in [4.69, 9.17) is 4.74 Å². The molecule has 3 aromatic rings. The SMILES string of the molecule is C=CCCCOc1ccc(-c2ccc(CCc3ccc(C(O)CCC)c(F)c3F)cc2)c(F)c1F. The molecule has 0 spiro atoms. The highest BCUT2D eigenvalue weighted by molar-refractivity contribution is 5.65. The third kappa shape index (κ3) is 6.51. The van der Waals surface area contributed by atoms with Crippen LogP contribution in [0.1, 0.15) is 55.4 Å². The van der Waals surface area contributed by atoms with Crippen LogP contribution in [0.5, 0.6) is 5.75 Å². The number of benzene rings is 3. The van der Waals surface area contributed by atoms with Gasteiger partial charge in [0.1, 0.15) is 0 Å². The van der Waals surface area contributed by atoms with Crippen LogP contribution in [0.25, 0.3) is 11.1 Å². The number of halogens is 4. The molecule has 2 nitrogen and oxygen atoms in total. The summed E-state index contributed by atoms with van der Waals surface area (Å²) >= 11 is 0. The molecule has 1 N–H and O–H groups in total. The number of hydrogen-bond donors (Lipinski definition) is 1. The number of unbranched alkanes of at least 4 members (excludes halogenated alkanes) is 1. The predicted octanol–water partition coefficient (Wildman–Crippen LogP) is 7.87. The average molecular weight is 487 g/mol. The highest BCUT2D eigenvalue weighted by atomic mass is 19.2. The third-order valence-electron chi connectivity index (χ3n) is 5.92. The standard InChI is InChI=1S/C29H30F4O2/c1-3-5-6-18-35-25-17-16-22(27(31)29(25)33)20-11-8-19(9-12-20)10-13-21-14-15-23(24(34)7-4-2)28(32)26(21)30/h3,8-9,11-12,14-17,24,34H,1,4-7,10,13,18H2,2H3. The molecule has 0 bridgehead atoms. The summed E-state index contributed by atoms with van der Waals surface area (Å²) < 4.78 is 63.3. The molecule has 0 fully saturated rings. The number of allylic oxidation sites excluding steroid dienone is 1. The maximum Gasteiger partial charge on any atom is 0.201 e. The van der Waals surface area contributed by atoms with Crippen LogP contribution in [-0.2, 0) is 12.8 Å². The zero-order valence-electron chi connectivity index (χ0n) is 19.8. The Balaban J connectivity index is 1.67. The Morgan fingerprint density at radius 3 is 2.31 bits per heavy atom. The van der Waals surface area contributed by atoms with Crippen molar-refractivity contribution in [2.24, 2.45) is 0 Å². The zero-order chi connectivity index (χ0) is 25.4. The quantitative estimate of drug-likeness (QED) is 0.160. The molecular formula is C29H30F4O2. The van der Waals surface area contributed by atoms with E-state index in [-0.39, 0.29) is 35.5 Å². The van der Waals surface area contributed by atoms with Gasteiger partial charge in [0.15, 0.2) is 23.2 Å². The minimum Gasteiger partial charge on any atom is -0.490 e. The van der Waals surface area contributed by atoms with E-state index < -0.39 is 29.4 Å². The molecule has 0 aliphatic rings. The fourth-order valence-corrected chi connectivity index (χ4v) is 3.89. The highest BCUT2D eigenvalue weighted by Crippen LogP contribution is 2.31. The molecular weight excluding hydrogens is 456 g/mol. The summed E-state index contributed by atoms with van der Waals surface area (Å²) in [5, 5.41) is 9.99. The lowest BCUT2D eigenvalue weighted by atomic mass is 9.97. The lowest BCUT2D eigenvalue weighted by Crippen LogP contribution is -2.06. The summed E-state index contributed by atoms with van der Waals surface area (Å²) in [5.41, 5.74) is 1.64. The largest absolute Gasteiger partial charge is 0.490 e. The van der Waals surface area contributed by atoms with Gasteiger partial charge in [0.25, 0.3) is 0 Å². The van der Waals surface area contributed by atoms with Crippen LogP contribution in [0, 0.1) is 23.3 Å². The van der Waals surface area contributed by atoms with E-state index in [9.17, 15) is 22.7 Å². The average Bonchev–Trinajstić information content (AvgIpc) is 2.86. The Labute approximate surface area is 203 Å². The van der Waals surface area contributed by atoms with Crippen molar-refractivity contribution in [2.45, 2.75) is 51.6 Å². The number of ether oxygens (including phenoxy) is 1. The number of aliphatic hydroxyl groups is 1. The van der Waals surface area contributed by atoms with E-state index in [1.807, 2.05) is 6.92 Å². The fraction of sp³-hybridized carbons (Fsp3) is 0.310. The summed E-state index contributed by atoms with van der Waals surface area (Å²) in [4.78, 5) is 0. The number of aryl methyl sites for hydroxylation is 2. The predicted molar refractivity (Wildman–Crippen MR) is 130 cm³/mol. The van der Waals surface area contributed by atoms with Crippen molar-refractivity contribution in [1.82, 2.24) is 0 Å². The molecule has 0 aliphatic heterocycles. The lowest BCUT2D eigenvalue weighted by molar-refractivity contribution is 0.160. The van der Waals surface area contributed by atoms with E-state index >= 15 is 0 Å². The first-order valence-corrected chi connectivity index (χ1v) is 11.8. The summed E-state index contributed by atoms with van der Waals surface area (Å²) in [5.74, 6) is -4.10. The molecule has 6 heteroatoms. The van der Waals surface area contributed by atoms with Gasteiger partial charge in [-0.3, -0.25) is 0 Å². The Kier molecular flexibility index (Phi) is 9.49. The van der Waals surface area contributed by atoms with Crippen molar-refractivity contribution < 1.29 is 27.4 Å². The van der Waals surface area contributed by atoms with Crippen LogP contribution in [0.3, 0.4) is 0 Å². The second-order valence-electron chi connectivity index (χ2n) is 8.46. The molecule has 0 aromatic heterocycles. The summed E-state index contributed by atoms with van der Waals surface area (Å²) in [7, 11) is 0. The van der Waals surface area contributed by atoms with E-state index in [0.29, 0.717) is 31.2 Å². The van der Waals surface area contributed by atoms with Gasteiger partial charge in [0.2, 0.25) is 5.82 Å². The van der Waals surface area contributed by atoms with Gasteiger partial charge in [0.05, 0.1) is 12.7 Å². The first kappa shape index (κ1) is 26.5. The van der Waals surface area contributed by atoms with Gasteiger partial charge >= 0.3 is 0 Å². The second kappa shape index (κ2) is 12.5. The summed E-state index contributed by atoms with van der Waals surface area (Å²) in [6.45, 7) is 5.73. The van der Waals surface area contributed by atoms with Crippen molar-refractivity contribution in [3.63, 3.8) is 0 Å². The Morgan fingerprint density at radius 2 is 1.63 bits per heavy atom. The monoisotopic (exact) mass is 486 g/mol. The number of hydrogen-bond acceptors (Lipinski definition) is 2. The fourth-order valence-electron chi connectivity index (χ4n) is 3.89. The lowest BCUT2D eigenvalue weighted by Gasteiger charge is -2.13. The minimum atomic E-state index is -1.03. The molecule has 0 heterocycles. The first-order valence-electron chi connectivity index (χ1n) is 11.8. The molecule has 35 heavy (non-hydrogen) atoms. The van der Waals surface area contributed by atoms with E-state index in [1.165, 1.54) is 24.3 Å². The van der Waals surface area contributed by atoms with Gasteiger partial charge < -0.3 is 9.84 Å². The van der Waals surface area contributed by atoms with Crippen LogP contribution in [0.2, 0.25) is 0 Å². The van der Waals surface area contributed by atoms with Gasteiger partial charge in [-0.25, -0.2) is 13.2 Å². The molecule has 3 rings (SSSR count). The van der Waals surface area contributed by atoms with Crippen LogP contribution in [-0.4, -0.2) is 11.7 Å². The van der Waals surface area contributed by atoms with Crippen LogP contribution in [0.15, 0.2) is 61.2 Å². The van der Waals surface area contributed by atoms with Crippen LogP contribution >= 0.6 is 0 Å². The zero-order valence-corrected chi connectivity index (χ0v) is 19.8. The van der Waals surface area contributed by atoms with Gasteiger partial charge in [-0.05, 0) is 60.9 Å². The van der Waals surface area contributed by atoms with Crippen molar-refractivity contribution in [2.75, 3.05) is 6.61 Å². The summed E-state index contributed by atoms with van der Waals surface area (Å²) in [6.07, 6.45) is 3.80. The van der Waals surface area contributed by atoms with E-state index in [1.54, 1.807) is 30.3 Å². The van der Waals surface area contributed by atoms with Gasteiger partial charge in [-0.1, -0.05) is 55.8 Å². The molecule has 186 valence electrons. The number of aliphatic hydroxyl groups excluding tert-OH is 1. The van der Waals surface area contributed by atoms with Crippen LogP contribution in [0.4, 0.5) is 17.6 Å². The smallest absolute Gasteiger partial charge is 0.201 e.